The maximum Gasteiger partial charge on any atom is 0.115 e. The van der Waals surface area contributed by atoms with Crippen LogP contribution in [0.15, 0.2) is 0 Å². The number of rotatable bonds is 3. The van der Waals surface area contributed by atoms with E-state index in [0.717, 1.165) is 13.2 Å². The Balaban J connectivity index is 1.73. The molecule has 2 saturated heterocycles. The van der Waals surface area contributed by atoms with Crippen LogP contribution in [-0.4, -0.2) is 42.4 Å². The van der Waals surface area contributed by atoms with Gasteiger partial charge in [0, 0.05) is 25.0 Å². The highest BCUT2D eigenvalue weighted by molar-refractivity contribution is 5.15. The molecule has 0 aromatic carbocycles. The molecular formula is C13H22FNO. The lowest BCUT2D eigenvalue weighted by atomic mass is 9.89. The molecule has 1 aliphatic carbocycles. The summed E-state index contributed by atoms with van der Waals surface area (Å²) < 4.78 is 19.4. The largest absolute Gasteiger partial charge is 0.377 e. The van der Waals surface area contributed by atoms with Gasteiger partial charge < -0.3 is 4.74 Å². The van der Waals surface area contributed by atoms with Gasteiger partial charge in [-0.05, 0) is 38.5 Å². The first-order chi connectivity index (χ1) is 7.54. The molecule has 3 fully saturated rings. The standard InChI is InChI=1S/C13H22FNO/c1-10(2)16-9-13-5-11(14)6-15(13)8-12(7-13)3-4-12/h10-11H,3-9H2,1-2H3/t11-,13+/m1/s1. The molecule has 1 saturated carbocycles. The van der Waals surface area contributed by atoms with Gasteiger partial charge in [0.2, 0.25) is 0 Å². The Hall–Kier alpha value is -0.150. The fourth-order valence-electron chi connectivity index (χ4n) is 3.65. The zero-order valence-electron chi connectivity index (χ0n) is 10.3. The molecule has 0 aromatic rings. The molecule has 3 rings (SSSR count). The zero-order chi connectivity index (χ0) is 11.4. The highest BCUT2D eigenvalue weighted by atomic mass is 19.1. The monoisotopic (exact) mass is 227 g/mol. The molecule has 0 aromatic heterocycles. The average Bonchev–Trinajstić information content (AvgIpc) is 2.75. The van der Waals surface area contributed by atoms with E-state index in [9.17, 15) is 4.39 Å². The molecule has 92 valence electrons. The highest BCUT2D eigenvalue weighted by Gasteiger charge is 2.61. The summed E-state index contributed by atoms with van der Waals surface area (Å²) in [5, 5.41) is 0. The molecule has 3 aliphatic rings. The summed E-state index contributed by atoms with van der Waals surface area (Å²) in [6.45, 7) is 6.61. The van der Waals surface area contributed by atoms with Gasteiger partial charge in [-0.1, -0.05) is 0 Å². The number of halogens is 1. The second kappa shape index (κ2) is 3.42. The fraction of sp³-hybridized carbons (Fsp3) is 1.00. The maximum absolute atomic E-state index is 13.6. The van der Waals surface area contributed by atoms with Gasteiger partial charge in [0.25, 0.3) is 0 Å². The molecule has 2 heterocycles. The predicted octanol–water partition coefficient (Wildman–Crippen LogP) is 2.38. The molecule has 0 N–H and O–H groups in total. The quantitative estimate of drug-likeness (QED) is 0.734. The van der Waals surface area contributed by atoms with Gasteiger partial charge >= 0.3 is 0 Å². The van der Waals surface area contributed by atoms with Gasteiger partial charge in [-0.25, -0.2) is 4.39 Å². The smallest absolute Gasteiger partial charge is 0.115 e. The van der Waals surface area contributed by atoms with E-state index in [1.165, 1.54) is 19.3 Å². The second-order valence-corrected chi connectivity index (χ2v) is 6.44. The fourth-order valence-corrected chi connectivity index (χ4v) is 3.65. The van der Waals surface area contributed by atoms with Crippen molar-refractivity contribution in [1.82, 2.24) is 4.90 Å². The number of hydrogen-bond donors (Lipinski definition) is 0. The van der Waals surface area contributed by atoms with Crippen LogP contribution >= 0.6 is 0 Å². The minimum Gasteiger partial charge on any atom is -0.377 e. The van der Waals surface area contributed by atoms with Crippen molar-refractivity contribution in [1.29, 1.82) is 0 Å². The van der Waals surface area contributed by atoms with Crippen LogP contribution in [0, 0.1) is 5.41 Å². The van der Waals surface area contributed by atoms with Gasteiger partial charge in [0.15, 0.2) is 0 Å². The molecule has 0 unspecified atom stereocenters. The van der Waals surface area contributed by atoms with E-state index in [0.29, 0.717) is 18.4 Å². The van der Waals surface area contributed by atoms with Crippen LogP contribution in [-0.2, 0) is 4.74 Å². The SMILES string of the molecule is CC(C)OC[C@@]12C[C@@H](F)CN1CC1(CC1)C2. The molecule has 0 amide bonds. The van der Waals surface area contributed by atoms with Crippen LogP contribution in [0.2, 0.25) is 0 Å². The minimum absolute atomic E-state index is 0.0419. The van der Waals surface area contributed by atoms with Gasteiger partial charge in [-0.2, -0.15) is 0 Å². The zero-order valence-corrected chi connectivity index (χ0v) is 10.3. The number of alkyl halides is 1. The lowest BCUT2D eigenvalue weighted by molar-refractivity contribution is 0.00240. The van der Waals surface area contributed by atoms with E-state index in [1.807, 2.05) is 0 Å². The van der Waals surface area contributed by atoms with Crippen LogP contribution in [0.1, 0.15) is 39.5 Å². The third-order valence-corrected chi connectivity index (χ3v) is 4.56. The lowest BCUT2D eigenvalue weighted by Crippen LogP contribution is -2.43. The molecule has 2 atom stereocenters. The summed E-state index contributed by atoms with van der Waals surface area (Å²) in [6, 6.07) is 0. The van der Waals surface area contributed by atoms with Crippen LogP contribution in [0.5, 0.6) is 0 Å². The van der Waals surface area contributed by atoms with Crippen molar-refractivity contribution in [3.05, 3.63) is 0 Å². The van der Waals surface area contributed by atoms with E-state index in [-0.39, 0.29) is 11.6 Å². The first-order valence-corrected chi connectivity index (χ1v) is 6.54. The Labute approximate surface area is 97.1 Å². The molecule has 3 heteroatoms. The third kappa shape index (κ3) is 1.68. The van der Waals surface area contributed by atoms with Crippen LogP contribution in [0.25, 0.3) is 0 Å². The van der Waals surface area contributed by atoms with Crippen LogP contribution in [0.4, 0.5) is 4.39 Å². The van der Waals surface area contributed by atoms with E-state index in [4.69, 9.17) is 4.74 Å². The molecule has 2 aliphatic heterocycles. The maximum atomic E-state index is 13.6. The van der Waals surface area contributed by atoms with Crippen molar-refractivity contribution in [2.45, 2.75) is 57.3 Å². The summed E-state index contributed by atoms with van der Waals surface area (Å²) in [7, 11) is 0. The minimum atomic E-state index is -0.633. The van der Waals surface area contributed by atoms with Gasteiger partial charge in [0.05, 0.1) is 12.7 Å². The molecule has 2 nitrogen and oxygen atoms in total. The molecule has 0 radical (unpaired) electrons. The van der Waals surface area contributed by atoms with Gasteiger partial charge in [0.1, 0.15) is 6.17 Å². The Morgan fingerprint density at radius 3 is 2.81 bits per heavy atom. The van der Waals surface area contributed by atoms with E-state index in [1.54, 1.807) is 0 Å². The Kier molecular flexibility index (Phi) is 2.35. The van der Waals surface area contributed by atoms with Crippen molar-refractivity contribution in [3.8, 4) is 0 Å². The van der Waals surface area contributed by atoms with Crippen molar-refractivity contribution in [2.24, 2.45) is 5.41 Å². The molecule has 0 bridgehead atoms. The number of nitrogens with zero attached hydrogens (tertiary/aromatic N) is 1. The van der Waals surface area contributed by atoms with E-state index >= 15 is 0 Å². The van der Waals surface area contributed by atoms with Crippen LogP contribution < -0.4 is 0 Å². The molecular weight excluding hydrogens is 205 g/mol. The number of fused-ring (bicyclic) bond motifs is 1. The highest BCUT2D eigenvalue weighted by Crippen LogP contribution is 2.60. The van der Waals surface area contributed by atoms with Crippen molar-refractivity contribution in [3.63, 3.8) is 0 Å². The van der Waals surface area contributed by atoms with Crippen molar-refractivity contribution >= 4 is 0 Å². The summed E-state index contributed by atoms with van der Waals surface area (Å²) in [6.07, 6.45) is 4.19. The Morgan fingerprint density at radius 2 is 2.19 bits per heavy atom. The van der Waals surface area contributed by atoms with Crippen molar-refractivity contribution in [2.75, 3.05) is 19.7 Å². The molecule has 16 heavy (non-hydrogen) atoms. The lowest BCUT2D eigenvalue weighted by Gasteiger charge is -2.32. The normalized spacial score (nSPS) is 40.9. The Bertz CT molecular complexity index is 290. The Morgan fingerprint density at radius 1 is 1.44 bits per heavy atom. The van der Waals surface area contributed by atoms with E-state index < -0.39 is 6.17 Å². The first kappa shape index (κ1) is 11.0. The van der Waals surface area contributed by atoms with Crippen LogP contribution in [0.3, 0.4) is 0 Å². The average molecular weight is 227 g/mol. The van der Waals surface area contributed by atoms with Crippen molar-refractivity contribution < 1.29 is 9.13 Å². The predicted molar refractivity (Wildman–Crippen MR) is 61.2 cm³/mol. The second-order valence-electron chi connectivity index (χ2n) is 6.44. The van der Waals surface area contributed by atoms with Gasteiger partial charge in [-0.3, -0.25) is 4.90 Å². The summed E-state index contributed by atoms with van der Waals surface area (Å²) in [5.41, 5.74) is 0.598. The topological polar surface area (TPSA) is 12.5 Å². The number of ether oxygens (including phenoxy) is 1. The van der Waals surface area contributed by atoms with Gasteiger partial charge in [-0.15, -0.1) is 0 Å². The van der Waals surface area contributed by atoms with E-state index in [2.05, 4.69) is 18.7 Å². The summed E-state index contributed by atoms with van der Waals surface area (Å²) in [4.78, 5) is 2.38. The first-order valence-electron chi connectivity index (χ1n) is 6.54. The third-order valence-electron chi connectivity index (χ3n) is 4.56. The molecule has 1 spiro atoms. The number of hydrogen-bond acceptors (Lipinski definition) is 2. The summed E-state index contributed by atoms with van der Waals surface area (Å²) in [5.74, 6) is 0. The summed E-state index contributed by atoms with van der Waals surface area (Å²) >= 11 is 0.